The summed E-state index contributed by atoms with van der Waals surface area (Å²) in [7, 11) is 0. The zero-order valence-corrected chi connectivity index (χ0v) is 12.3. The monoisotopic (exact) mass is 294 g/mol. The Bertz CT molecular complexity index is 652. The van der Waals surface area contributed by atoms with E-state index < -0.39 is 0 Å². The minimum Gasteiger partial charge on any atom is -0.237 e. The highest BCUT2D eigenvalue weighted by atomic mass is 35.5. The van der Waals surface area contributed by atoms with Gasteiger partial charge in [0.1, 0.15) is 11.0 Å². The van der Waals surface area contributed by atoms with Gasteiger partial charge in [-0.1, -0.05) is 72.3 Å². The molecule has 0 aliphatic heterocycles. The van der Waals surface area contributed by atoms with Crippen molar-refractivity contribution in [3.63, 3.8) is 0 Å². The number of hydrogen-bond acceptors (Lipinski definition) is 2. The van der Waals surface area contributed by atoms with Gasteiger partial charge in [-0.05, 0) is 17.2 Å². The third-order valence-corrected chi connectivity index (χ3v) is 3.42. The summed E-state index contributed by atoms with van der Waals surface area (Å²) in [5.74, 6) is 0.764. The maximum Gasteiger partial charge on any atom is 0.134 e. The molecule has 21 heavy (non-hydrogen) atoms. The smallest absolute Gasteiger partial charge is 0.134 e. The molecule has 0 saturated heterocycles. The van der Waals surface area contributed by atoms with E-state index in [1.54, 1.807) is 0 Å². The van der Waals surface area contributed by atoms with Gasteiger partial charge in [-0.3, -0.25) is 0 Å². The van der Waals surface area contributed by atoms with Crippen molar-refractivity contribution in [1.82, 2.24) is 9.97 Å². The highest BCUT2D eigenvalue weighted by molar-refractivity contribution is 6.29. The highest BCUT2D eigenvalue weighted by Crippen LogP contribution is 2.14. The molecule has 0 fully saturated rings. The summed E-state index contributed by atoms with van der Waals surface area (Å²) < 4.78 is 0. The van der Waals surface area contributed by atoms with Crippen LogP contribution < -0.4 is 0 Å². The summed E-state index contributed by atoms with van der Waals surface area (Å²) in [5, 5.41) is 0.502. The van der Waals surface area contributed by atoms with Crippen LogP contribution in [0.25, 0.3) is 0 Å². The van der Waals surface area contributed by atoms with Crippen LogP contribution in [-0.4, -0.2) is 9.97 Å². The normalized spacial score (nSPS) is 10.5. The Labute approximate surface area is 129 Å². The van der Waals surface area contributed by atoms with Crippen molar-refractivity contribution in [2.24, 2.45) is 0 Å². The second-order valence-corrected chi connectivity index (χ2v) is 5.31. The Balaban J connectivity index is 1.83. The molecular formula is C18H15ClN2. The van der Waals surface area contributed by atoms with E-state index in [-0.39, 0.29) is 0 Å². The maximum absolute atomic E-state index is 6.13. The van der Waals surface area contributed by atoms with Crippen molar-refractivity contribution in [2.75, 3.05) is 0 Å². The molecule has 3 heteroatoms. The van der Waals surface area contributed by atoms with E-state index in [1.165, 1.54) is 11.1 Å². The molecule has 3 rings (SSSR count). The quantitative estimate of drug-likeness (QED) is 0.670. The molecule has 2 aromatic carbocycles. The summed E-state index contributed by atoms with van der Waals surface area (Å²) in [6, 6.07) is 22.3. The molecular weight excluding hydrogens is 280 g/mol. The lowest BCUT2D eigenvalue weighted by Crippen LogP contribution is -2.01. The average molecular weight is 295 g/mol. The molecule has 3 aromatic rings. The largest absolute Gasteiger partial charge is 0.237 e. The van der Waals surface area contributed by atoms with Crippen LogP contribution in [0.3, 0.4) is 0 Å². The molecule has 1 heterocycles. The second kappa shape index (κ2) is 6.51. The predicted octanol–water partition coefficient (Wildman–Crippen LogP) is 4.31. The van der Waals surface area contributed by atoms with Crippen LogP contribution in [0.1, 0.15) is 22.6 Å². The molecule has 0 N–H and O–H groups in total. The topological polar surface area (TPSA) is 25.8 Å². The molecule has 2 nitrogen and oxygen atoms in total. The van der Waals surface area contributed by atoms with E-state index in [0.29, 0.717) is 11.6 Å². The molecule has 0 amide bonds. The molecule has 0 atom stereocenters. The Morgan fingerprint density at radius 2 is 1.29 bits per heavy atom. The molecule has 1 aromatic heterocycles. The van der Waals surface area contributed by atoms with Crippen LogP contribution in [0.2, 0.25) is 5.15 Å². The van der Waals surface area contributed by atoms with Gasteiger partial charge in [0.25, 0.3) is 0 Å². The Hall–Kier alpha value is -2.19. The molecule has 104 valence electrons. The molecule has 0 bridgehead atoms. The minimum atomic E-state index is 0.502. The van der Waals surface area contributed by atoms with Crippen molar-refractivity contribution in [2.45, 2.75) is 12.8 Å². The number of halogens is 1. The number of aromatic nitrogens is 2. The van der Waals surface area contributed by atoms with E-state index >= 15 is 0 Å². The fourth-order valence-electron chi connectivity index (χ4n) is 2.27. The van der Waals surface area contributed by atoms with Gasteiger partial charge in [0.05, 0.1) is 0 Å². The van der Waals surface area contributed by atoms with Crippen molar-refractivity contribution in [1.29, 1.82) is 0 Å². The average Bonchev–Trinajstić information content (AvgIpc) is 2.48. The van der Waals surface area contributed by atoms with Crippen LogP contribution in [0.5, 0.6) is 0 Å². The zero-order valence-electron chi connectivity index (χ0n) is 11.5. The fraction of sp³-hybridized carbons (Fsp3) is 0.111. The van der Waals surface area contributed by atoms with Gasteiger partial charge in [0.15, 0.2) is 0 Å². The summed E-state index contributed by atoms with van der Waals surface area (Å²) >= 11 is 6.13. The number of nitrogens with zero attached hydrogens (tertiary/aromatic N) is 2. The summed E-state index contributed by atoms with van der Waals surface area (Å²) in [6.07, 6.45) is 1.47. The second-order valence-electron chi connectivity index (χ2n) is 4.92. The van der Waals surface area contributed by atoms with Gasteiger partial charge in [-0.2, -0.15) is 0 Å². The van der Waals surface area contributed by atoms with E-state index in [4.69, 9.17) is 11.6 Å². The number of rotatable bonds is 4. The lowest BCUT2D eigenvalue weighted by molar-refractivity contribution is 0.918. The molecule has 0 radical (unpaired) electrons. The van der Waals surface area contributed by atoms with E-state index in [0.717, 1.165) is 17.9 Å². The minimum absolute atomic E-state index is 0.502. The molecule has 0 spiro atoms. The van der Waals surface area contributed by atoms with Gasteiger partial charge in [0, 0.05) is 18.5 Å². The molecule has 0 aliphatic rings. The lowest BCUT2D eigenvalue weighted by Gasteiger charge is -2.06. The molecule has 0 unspecified atom stereocenters. The van der Waals surface area contributed by atoms with Crippen molar-refractivity contribution in [3.8, 4) is 0 Å². The molecule has 0 saturated carbocycles. The third kappa shape index (κ3) is 3.89. The highest BCUT2D eigenvalue weighted by Gasteiger charge is 2.05. The number of benzene rings is 2. The summed E-state index contributed by atoms with van der Waals surface area (Å²) in [6.45, 7) is 0. The van der Waals surface area contributed by atoms with Crippen molar-refractivity contribution < 1.29 is 0 Å². The fourth-order valence-corrected chi connectivity index (χ4v) is 2.49. The van der Waals surface area contributed by atoms with Crippen LogP contribution in [0, 0.1) is 0 Å². The van der Waals surface area contributed by atoms with Gasteiger partial charge in [-0.25, -0.2) is 9.97 Å². The van der Waals surface area contributed by atoms with Gasteiger partial charge in [-0.15, -0.1) is 0 Å². The van der Waals surface area contributed by atoms with Gasteiger partial charge in [0.2, 0.25) is 0 Å². The standard InChI is InChI=1S/C18H15ClN2/c19-17-13-16(11-14-7-3-1-4-8-14)20-18(21-17)12-15-9-5-2-6-10-15/h1-10,13H,11-12H2. The lowest BCUT2D eigenvalue weighted by atomic mass is 10.1. The van der Waals surface area contributed by atoms with Crippen LogP contribution in [0.4, 0.5) is 0 Å². The first-order valence-electron chi connectivity index (χ1n) is 6.90. The van der Waals surface area contributed by atoms with Crippen LogP contribution in [-0.2, 0) is 12.8 Å². The van der Waals surface area contributed by atoms with E-state index in [2.05, 4.69) is 34.2 Å². The van der Waals surface area contributed by atoms with Gasteiger partial charge < -0.3 is 0 Å². The first-order valence-corrected chi connectivity index (χ1v) is 7.27. The Morgan fingerprint density at radius 1 is 0.714 bits per heavy atom. The predicted molar refractivity (Wildman–Crippen MR) is 85.5 cm³/mol. The third-order valence-electron chi connectivity index (χ3n) is 3.23. The zero-order chi connectivity index (χ0) is 14.5. The Kier molecular flexibility index (Phi) is 4.27. The first-order chi connectivity index (χ1) is 10.3. The summed E-state index contributed by atoms with van der Waals surface area (Å²) in [5.41, 5.74) is 3.36. The Morgan fingerprint density at radius 3 is 1.90 bits per heavy atom. The van der Waals surface area contributed by atoms with Crippen molar-refractivity contribution >= 4 is 11.6 Å². The number of hydrogen-bond donors (Lipinski definition) is 0. The first kappa shape index (κ1) is 13.8. The van der Waals surface area contributed by atoms with E-state index in [9.17, 15) is 0 Å². The summed E-state index contributed by atoms with van der Waals surface area (Å²) in [4.78, 5) is 8.95. The van der Waals surface area contributed by atoms with Crippen LogP contribution >= 0.6 is 11.6 Å². The SMILES string of the molecule is Clc1cc(Cc2ccccc2)nc(Cc2ccccc2)n1. The van der Waals surface area contributed by atoms with E-state index in [1.807, 2.05) is 42.5 Å². The maximum atomic E-state index is 6.13. The van der Waals surface area contributed by atoms with Gasteiger partial charge >= 0.3 is 0 Å². The molecule has 0 aliphatic carbocycles. The van der Waals surface area contributed by atoms with Crippen LogP contribution in [0.15, 0.2) is 66.7 Å². The van der Waals surface area contributed by atoms with Crippen molar-refractivity contribution in [3.05, 3.63) is 94.5 Å².